The molecule has 0 amide bonds. The van der Waals surface area contributed by atoms with Crippen molar-refractivity contribution >= 4 is 11.9 Å². The molecule has 0 heterocycles. The molecular weight excluding hydrogens is 316 g/mol. The van der Waals surface area contributed by atoms with Crippen LogP contribution in [-0.2, 0) is 14.3 Å². The highest BCUT2D eigenvalue weighted by atomic mass is 16.5. The van der Waals surface area contributed by atoms with E-state index in [-0.39, 0.29) is 18.5 Å². The van der Waals surface area contributed by atoms with Crippen molar-refractivity contribution in [2.45, 2.75) is 110 Å². The van der Waals surface area contributed by atoms with Gasteiger partial charge in [0.1, 0.15) is 6.10 Å². The molecule has 0 aromatic rings. The fraction of sp³-hybridized carbons (Fsp3) is 0.810. The van der Waals surface area contributed by atoms with E-state index in [4.69, 9.17) is 9.84 Å². The highest BCUT2D eigenvalue weighted by Crippen LogP contribution is 2.13. The summed E-state index contributed by atoms with van der Waals surface area (Å²) in [6, 6.07) is 0. The Bertz CT molecular complexity index is 363. The van der Waals surface area contributed by atoms with Crippen molar-refractivity contribution in [3.8, 4) is 0 Å². The van der Waals surface area contributed by atoms with Crippen molar-refractivity contribution < 1.29 is 19.4 Å². The first-order valence-corrected chi connectivity index (χ1v) is 10.2. The Morgan fingerprint density at radius 3 is 2.20 bits per heavy atom. The van der Waals surface area contributed by atoms with E-state index in [0.29, 0.717) is 6.42 Å². The van der Waals surface area contributed by atoms with E-state index in [1.165, 1.54) is 19.3 Å². The topological polar surface area (TPSA) is 63.6 Å². The smallest absolute Gasteiger partial charge is 0.306 e. The molecule has 0 fully saturated rings. The van der Waals surface area contributed by atoms with Gasteiger partial charge >= 0.3 is 11.9 Å². The quantitative estimate of drug-likeness (QED) is 0.196. The first kappa shape index (κ1) is 23.7. The van der Waals surface area contributed by atoms with Gasteiger partial charge in [-0.3, -0.25) is 9.59 Å². The molecule has 0 aliphatic rings. The number of hydrogen-bond donors (Lipinski definition) is 1. The average Bonchev–Trinajstić information content (AvgIpc) is 2.57. The van der Waals surface area contributed by atoms with Crippen molar-refractivity contribution in [3.05, 3.63) is 12.2 Å². The van der Waals surface area contributed by atoms with Gasteiger partial charge in [-0.25, -0.2) is 0 Å². The number of unbranched alkanes of at least 4 members (excludes halogenated alkanes) is 8. The predicted molar refractivity (Wildman–Crippen MR) is 103 cm³/mol. The third-order valence-electron chi connectivity index (χ3n) is 4.22. The first-order valence-electron chi connectivity index (χ1n) is 10.2. The molecule has 0 aliphatic heterocycles. The lowest BCUT2D eigenvalue weighted by atomic mass is 10.1. The van der Waals surface area contributed by atoms with Gasteiger partial charge in [-0.15, -0.1) is 0 Å². The molecule has 146 valence electrons. The maximum Gasteiger partial charge on any atom is 0.306 e. The highest BCUT2D eigenvalue weighted by Gasteiger charge is 2.11. The van der Waals surface area contributed by atoms with Crippen molar-refractivity contribution in [1.29, 1.82) is 0 Å². The van der Waals surface area contributed by atoms with Gasteiger partial charge < -0.3 is 9.84 Å². The molecule has 0 aromatic carbocycles. The zero-order valence-electron chi connectivity index (χ0n) is 16.3. The maximum atomic E-state index is 12.0. The number of esters is 1. The number of ether oxygens (including phenoxy) is 1. The predicted octanol–water partition coefficient (Wildman–Crippen LogP) is 6.04. The van der Waals surface area contributed by atoms with Gasteiger partial charge in [-0.05, 0) is 44.6 Å². The van der Waals surface area contributed by atoms with Gasteiger partial charge in [-0.2, -0.15) is 0 Å². The van der Waals surface area contributed by atoms with Gasteiger partial charge in [0.15, 0.2) is 0 Å². The van der Waals surface area contributed by atoms with Crippen molar-refractivity contribution in [2.75, 3.05) is 0 Å². The van der Waals surface area contributed by atoms with E-state index in [2.05, 4.69) is 19.9 Å². The third-order valence-corrected chi connectivity index (χ3v) is 4.22. The summed E-state index contributed by atoms with van der Waals surface area (Å²) < 4.78 is 5.63. The number of aliphatic carboxylic acids is 1. The summed E-state index contributed by atoms with van der Waals surface area (Å²) >= 11 is 0. The first-order chi connectivity index (χ1) is 12.1. The molecule has 4 nitrogen and oxygen atoms in total. The summed E-state index contributed by atoms with van der Waals surface area (Å²) in [4.78, 5) is 22.4. The second kappa shape index (κ2) is 17.5. The number of rotatable bonds is 17. The fourth-order valence-electron chi connectivity index (χ4n) is 2.68. The van der Waals surface area contributed by atoms with Gasteiger partial charge in [0.25, 0.3) is 0 Å². The van der Waals surface area contributed by atoms with Gasteiger partial charge in [0.2, 0.25) is 0 Å². The maximum absolute atomic E-state index is 12.0. The molecule has 0 aromatic heterocycles. The summed E-state index contributed by atoms with van der Waals surface area (Å²) in [6.45, 7) is 4.31. The second-order valence-electron chi connectivity index (χ2n) is 6.76. The molecule has 25 heavy (non-hydrogen) atoms. The fourth-order valence-corrected chi connectivity index (χ4v) is 2.68. The Morgan fingerprint density at radius 1 is 0.880 bits per heavy atom. The van der Waals surface area contributed by atoms with Crippen LogP contribution in [0.5, 0.6) is 0 Å². The third kappa shape index (κ3) is 17.3. The van der Waals surface area contributed by atoms with Crippen LogP contribution in [0, 0.1) is 0 Å². The van der Waals surface area contributed by atoms with Crippen LogP contribution in [-0.4, -0.2) is 23.1 Å². The monoisotopic (exact) mass is 354 g/mol. The minimum Gasteiger partial charge on any atom is -0.481 e. The summed E-state index contributed by atoms with van der Waals surface area (Å²) in [5.41, 5.74) is 0. The molecular formula is C21H38O4. The van der Waals surface area contributed by atoms with Crippen molar-refractivity contribution in [1.82, 2.24) is 0 Å². The molecule has 0 radical (unpaired) electrons. The lowest BCUT2D eigenvalue weighted by Gasteiger charge is -2.14. The number of carbonyl (C=O) groups is 2. The zero-order chi connectivity index (χ0) is 18.8. The van der Waals surface area contributed by atoms with Gasteiger partial charge in [0, 0.05) is 12.8 Å². The van der Waals surface area contributed by atoms with Crippen LogP contribution in [0.2, 0.25) is 0 Å². The largest absolute Gasteiger partial charge is 0.481 e. The highest BCUT2D eigenvalue weighted by molar-refractivity contribution is 5.69. The van der Waals surface area contributed by atoms with Crippen LogP contribution < -0.4 is 0 Å². The normalized spacial score (nSPS) is 12.4. The van der Waals surface area contributed by atoms with E-state index < -0.39 is 5.97 Å². The SMILES string of the molecule is CCCCC/C=C\C(CCCCCCC(=O)O)OC(=O)CCCCC. The van der Waals surface area contributed by atoms with Gasteiger partial charge in [-0.1, -0.05) is 58.4 Å². The lowest BCUT2D eigenvalue weighted by molar-refractivity contribution is -0.147. The van der Waals surface area contributed by atoms with Crippen LogP contribution in [0.3, 0.4) is 0 Å². The Balaban J connectivity index is 4.13. The molecule has 0 rings (SSSR count). The van der Waals surface area contributed by atoms with Crippen molar-refractivity contribution in [3.63, 3.8) is 0 Å². The van der Waals surface area contributed by atoms with Gasteiger partial charge in [0.05, 0.1) is 0 Å². The molecule has 1 atom stereocenters. The molecule has 0 saturated carbocycles. The molecule has 1 unspecified atom stereocenters. The lowest BCUT2D eigenvalue weighted by Crippen LogP contribution is -2.16. The van der Waals surface area contributed by atoms with E-state index in [1.54, 1.807) is 0 Å². The number of carboxylic acid groups (broad SMARTS) is 1. The molecule has 0 saturated heterocycles. The summed E-state index contributed by atoms with van der Waals surface area (Å²) in [5, 5.41) is 8.64. The van der Waals surface area contributed by atoms with Crippen LogP contribution in [0.4, 0.5) is 0 Å². The number of carbonyl (C=O) groups excluding carboxylic acids is 1. The van der Waals surface area contributed by atoms with E-state index >= 15 is 0 Å². The zero-order valence-corrected chi connectivity index (χ0v) is 16.3. The van der Waals surface area contributed by atoms with E-state index in [1.807, 2.05) is 6.08 Å². The summed E-state index contributed by atoms with van der Waals surface area (Å²) in [6.07, 6.45) is 17.0. The Hall–Kier alpha value is -1.32. The number of hydrogen-bond acceptors (Lipinski definition) is 3. The van der Waals surface area contributed by atoms with Crippen molar-refractivity contribution in [2.24, 2.45) is 0 Å². The van der Waals surface area contributed by atoms with Crippen LogP contribution in [0.1, 0.15) is 104 Å². The average molecular weight is 355 g/mol. The summed E-state index contributed by atoms with van der Waals surface area (Å²) in [7, 11) is 0. The number of carboxylic acids is 1. The standard InChI is InChI=1S/C21H38O4/c1-3-5-7-8-12-15-19(25-21(24)18-11-6-4-2)16-13-9-10-14-17-20(22)23/h12,15,19H,3-11,13-14,16-18H2,1-2H3,(H,22,23)/b15-12-. The Labute approximate surface area is 154 Å². The summed E-state index contributed by atoms with van der Waals surface area (Å²) in [5.74, 6) is -0.823. The minimum atomic E-state index is -0.728. The molecule has 0 spiro atoms. The van der Waals surface area contributed by atoms with Crippen LogP contribution in [0.25, 0.3) is 0 Å². The Kier molecular flexibility index (Phi) is 16.6. The molecule has 1 N–H and O–H groups in total. The molecule has 0 bridgehead atoms. The Morgan fingerprint density at radius 2 is 1.52 bits per heavy atom. The molecule has 0 aliphatic carbocycles. The molecule has 4 heteroatoms. The van der Waals surface area contributed by atoms with E-state index in [9.17, 15) is 9.59 Å². The van der Waals surface area contributed by atoms with Crippen LogP contribution in [0.15, 0.2) is 12.2 Å². The second-order valence-corrected chi connectivity index (χ2v) is 6.76. The van der Waals surface area contributed by atoms with Crippen LogP contribution >= 0.6 is 0 Å². The number of allylic oxidation sites excluding steroid dienone is 1. The van der Waals surface area contributed by atoms with E-state index in [0.717, 1.165) is 57.8 Å². The minimum absolute atomic E-state index is 0.0949.